The highest BCUT2D eigenvalue weighted by Crippen LogP contribution is 2.36. The van der Waals surface area contributed by atoms with Crippen molar-refractivity contribution in [1.29, 1.82) is 0 Å². The van der Waals surface area contributed by atoms with Crippen LogP contribution in [0.1, 0.15) is 18.4 Å². The Hall–Kier alpha value is -2.67. The molecule has 1 aliphatic carbocycles. The Labute approximate surface area is 145 Å². The molecule has 7 nitrogen and oxygen atoms in total. The summed E-state index contributed by atoms with van der Waals surface area (Å²) in [5.74, 6) is 1.39. The molecule has 2 aromatic heterocycles. The fraction of sp³-hybridized carbons (Fsp3) is 0.389. The number of nitrogens with zero attached hydrogens (tertiary/aromatic N) is 4. The Morgan fingerprint density at radius 3 is 2.68 bits per heavy atom. The van der Waals surface area contributed by atoms with Gasteiger partial charge in [0.1, 0.15) is 6.61 Å². The van der Waals surface area contributed by atoms with E-state index < -0.39 is 0 Å². The van der Waals surface area contributed by atoms with E-state index in [0.717, 1.165) is 24.9 Å². The van der Waals surface area contributed by atoms with Gasteiger partial charge in [0.05, 0.1) is 6.33 Å². The second-order valence-corrected chi connectivity index (χ2v) is 6.51. The number of rotatable bonds is 6. The number of anilines is 1. The summed E-state index contributed by atoms with van der Waals surface area (Å²) in [7, 11) is 0. The molecule has 0 bridgehead atoms. The fourth-order valence-corrected chi connectivity index (χ4v) is 3.27. The van der Waals surface area contributed by atoms with Crippen LogP contribution in [0.4, 0.5) is 5.95 Å². The molecular formula is C18H21N5O2. The summed E-state index contributed by atoms with van der Waals surface area (Å²) >= 11 is 0. The van der Waals surface area contributed by atoms with Crippen molar-refractivity contribution in [2.24, 2.45) is 11.8 Å². The lowest BCUT2D eigenvalue weighted by atomic mass is 9.74. The lowest BCUT2D eigenvalue weighted by molar-refractivity contribution is 0.0796. The molecule has 2 unspecified atom stereocenters. The lowest BCUT2D eigenvalue weighted by Crippen LogP contribution is -2.32. The van der Waals surface area contributed by atoms with Crippen molar-refractivity contribution in [3.8, 4) is 5.88 Å². The largest absolute Gasteiger partial charge is 0.471 e. The predicted molar refractivity (Wildman–Crippen MR) is 93.8 cm³/mol. The van der Waals surface area contributed by atoms with Crippen molar-refractivity contribution in [2.45, 2.75) is 26.0 Å². The average Bonchev–Trinajstić information content (AvgIpc) is 3.00. The molecule has 1 aliphatic rings. The summed E-state index contributed by atoms with van der Waals surface area (Å²) < 4.78 is 7.82. The Kier molecular flexibility index (Phi) is 4.23. The zero-order chi connectivity index (χ0) is 17.2. The predicted octanol–water partition coefficient (Wildman–Crippen LogP) is 2.01. The van der Waals surface area contributed by atoms with Crippen LogP contribution < -0.4 is 10.5 Å². The molecule has 0 aliphatic heterocycles. The van der Waals surface area contributed by atoms with Crippen LogP contribution in [0.5, 0.6) is 5.88 Å². The maximum atomic E-state index is 9.37. The molecule has 25 heavy (non-hydrogen) atoms. The molecule has 1 fully saturated rings. The highest BCUT2D eigenvalue weighted by molar-refractivity contribution is 5.77. The van der Waals surface area contributed by atoms with Crippen LogP contribution in [-0.4, -0.2) is 31.2 Å². The number of hydrogen-bond donors (Lipinski definition) is 2. The smallest absolute Gasteiger partial charge is 0.247 e. The third-order valence-corrected chi connectivity index (χ3v) is 4.91. The minimum atomic E-state index is 0.171. The van der Waals surface area contributed by atoms with Crippen molar-refractivity contribution in [3.63, 3.8) is 0 Å². The summed E-state index contributed by atoms with van der Waals surface area (Å²) in [5.41, 5.74) is 8.21. The van der Waals surface area contributed by atoms with Crippen molar-refractivity contribution in [3.05, 3.63) is 42.2 Å². The van der Waals surface area contributed by atoms with Gasteiger partial charge in [-0.15, -0.1) is 0 Å². The normalized spacial score (nSPS) is 19.7. The van der Waals surface area contributed by atoms with Gasteiger partial charge in [-0.05, 0) is 30.2 Å². The molecule has 3 N–H and O–H groups in total. The quantitative estimate of drug-likeness (QED) is 0.713. The van der Waals surface area contributed by atoms with E-state index >= 15 is 0 Å². The molecule has 130 valence electrons. The zero-order valence-electron chi connectivity index (χ0n) is 13.9. The molecule has 7 heteroatoms. The van der Waals surface area contributed by atoms with Gasteiger partial charge in [0.2, 0.25) is 11.8 Å². The Balaban J connectivity index is 1.58. The minimum Gasteiger partial charge on any atom is -0.471 e. The van der Waals surface area contributed by atoms with E-state index in [4.69, 9.17) is 10.5 Å². The van der Waals surface area contributed by atoms with Crippen LogP contribution in [0.3, 0.4) is 0 Å². The Morgan fingerprint density at radius 2 is 1.96 bits per heavy atom. The van der Waals surface area contributed by atoms with Gasteiger partial charge in [-0.25, -0.2) is 4.98 Å². The van der Waals surface area contributed by atoms with E-state index in [9.17, 15) is 5.11 Å². The van der Waals surface area contributed by atoms with Crippen LogP contribution in [0.25, 0.3) is 11.2 Å². The topological polar surface area (TPSA) is 99.1 Å². The number of nitrogen functional groups attached to an aromatic ring is 1. The molecule has 3 aromatic rings. The lowest BCUT2D eigenvalue weighted by Gasteiger charge is -2.35. The van der Waals surface area contributed by atoms with Gasteiger partial charge in [0.15, 0.2) is 11.2 Å². The standard InChI is InChI=1S/C18H21N5O2/c19-18-21-16-15(17(22-18)25-10-12-4-2-1-3-5-12)20-11-23(16)8-13-6-7-14(13)9-24/h1-5,11,13-14,24H,6-10H2,(H2,19,21,22). The second-order valence-electron chi connectivity index (χ2n) is 6.51. The third-order valence-electron chi connectivity index (χ3n) is 4.91. The summed E-state index contributed by atoms with van der Waals surface area (Å²) in [5, 5.41) is 9.37. The van der Waals surface area contributed by atoms with Crippen molar-refractivity contribution < 1.29 is 9.84 Å². The van der Waals surface area contributed by atoms with Gasteiger partial charge >= 0.3 is 0 Å². The maximum absolute atomic E-state index is 9.37. The maximum Gasteiger partial charge on any atom is 0.247 e. The first kappa shape index (κ1) is 15.8. The number of aliphatic hydroxyl groups is 1. The molecule has 2 atom stereocenters. The number of hydrogen-bond acceptors (Lipinski definition) is 6. The summed E-state index contributed by atoms with van der Waals surface area (Å²) in [4.78, 5) is 13.0. The second kappa shape index (κ2) is 6.68. The number of ether oxygens (including phenoxy) is 1. The number of nitrogens with two attached hydrogens (primary N) is 1. The van der Waals surface area contributed by atoms with Crippen LogP contribution in [0.2, 0.25) is 0 Å². The van der Waals surface area contributed by atoms with Crippen LogP contribution >= 0.6 is 0 Å². The molecule has 1 aromatic carbocycles. The van der Waals surface area contributed by atoms with E-state index in [2.05, 4.69) is 15.0 Å². The van der Waals surface area contributed by atoms with E-state index in [1.54, 1.807) is 6.33 Å². The average molecular weight is 339 g/mol. The van der Waals surface area contributed by atoms with Gasteiger partial charge < -0.3 is 20.1 Å². The molecule has 2 heterocycles. The Morgan fingerprint density at radius 1 is 1.16 bits per heavy atom. The third kappa shape index (κ3) is 3.15. The van der Waals surface area contributed by atoms with Gasteiger partial charge in [-0.3, -0.25) is 0 Å². The van der Waals surface area contributed by atoms with E-state index in [1.807, 2.05) is 34.9 Å². The molecule has 0 spiro atoms. The van der Waals surface area contributed by atoms with Gasteiger partial charge in [-0.1, -0.05) is 30.3 Å². The first-order chi connectivity index (χ1) is 12.2. The zero-order valence-corrected chi connectivity index (χ0v) is 13.9. The first-order valence-electron chi connectivity index (χ1n) is 8.50. The SMILES string of the molecule is Nc1nc(OCc2ccccc2)c2ncn(CC3CCC3CO)c2n1. The van der Waals surface area contributed by atoms with Gasteiger partial charge in [0, 0.05) is 13.2 Å². The van der Waals surface area contributed by atoms with Crippen molar-refractivity contribution in [1.82, 2.24) is 19.5 Å². The number of benzene rings is 1. The Bertz CT molecular complexity index is 863. The number of aromatic nitrogens is 4. The van der Waals surface area contributed by atoms with Crippen molar-refractivity contribution in [2.75, 3.05) is 12.3 Å². The van der Waals surface area contributed by atoms with E-state index in [-0.39, 0.29) is 12.6 Å². The molecule has 1 saturated carbocycles. The van der Waals surface area contributed by atoms with Crippen molar-refractivity contribution >= 4 is 17.1 Å². The molecule has 0 amide bonds. The number of fused-ring (bicyclic) bond motifs is 1. The van der Waals surface area contributed by atoms with Gasteiger partial charge in [-0.2, -0.15) is 9.97 Å². The number of imidazole rings is 1. The van der Waals surface area contributed by atoms with E-state index in [0.29, 0.717) is 35.5 Å². The minimum absolute atomic E-state index is 0.171. The van der Waals surface area contributed by atoms with Crippen LogP contribution in [-0.2, 0) is 13.2 Å². The van der Waals surface area contributed by atoms with Gasteiger partial charge in [0.25, 0.3) is 0 Å². The molecular weight excluding hydrogens is 318 g/mol. The van der Waals surface area contributed by atoms with Crippen LogP contribution in [0, 0.1) is 11.8 Å². The number of aliphatic hydroxyl groups excluding tert-OH is 1. The highest BCUT2D eigenvalue weighted by atomic mass is 16.5. The molecule has 0 radical (unpaired) electrons. The highest BCUT2D eigenvalue weighted by Gasteiger charge is 2.31. The summed E-state index contributed by atoms with van der Waals surface area (Å²) in [6.45, 7) is 1.41. The summed E-state index contributed by atoms with van der Waals surface area (Å²) in [6.07, 6.45) is 3.94. The monoisotopic (exact) mass is 339 g/mol. The fourth-order valence-electron chi connectivity index (χ4n) is 3.27. The van der Waals surface area contributed by atoms with Crippen LogP contribution in [0.15, 0.2) is 36.7 Å². The molecule has 0 saturated heterocycles. The first-order valence-corrected chi connectivity index (χ1v) is 8.50. The summed E-state index contributed by atoms with van der Waals surface area (Å²) in [6, 6.07) is 9.88. The van der Waals surface area contributed by atoms with E-state index in [1.165, 1.54) is 0 Å². The molecule has 4 rings (SSSR count).